The first-order valence-electron chi connectivity index (χ1n) is 8.61. The number of carbonyl (C=O) groups excluding carboxylic acids is 1. The van der Waals surface area contributed by atoms with E-state index in [1.807, 2.05) is 11.8 Å². The predicted molar refractivity (Wildman–Crippen MR) is 85.1 cm³/mol. The van der Waals surface area contributed by atoms with Crippen molar-refractivity contribution in [1.29, 1.82) is 0 Å². The maximum absolute atomic E-state index is 12.5. The van der Waals surface area contributed by atoms with Crippen LogP contribution in [0.15, 0.2) is 0 Å². The monoisotopic (exact) mass is 296 g/mol. The first kappa shape index (κ1) is 16.8. The molecule has 1 heterocycles. The molecule has 2 rings (SSSR count). The van der Waals surface area contributed by atoms with Gasteiger partial charge in [0.15, 0.2) is 0 Å². The molecule has 0 aromatic rings. The molecule has 1 saturated carbocycles. The predicted octanol–water partition coefficient (Wildman–Crippen LogP) is 2.28. The summed E-state index contributed by atoms with van der Waals surface area (Å²) >= 11 is 0. The minimum Gasteiger partial charge on any atom is -0.378 e. The minimum atomic E-state index is -0.0837. The van der Waals surface area contributed by atoms with Crippen molar-refractivity contribution in [3.8, 4) is 0 Å². The largest absolute Gasteiger partial charge is 0.378 e. The molecule has 0 aromatic carbocycles. The highest BCUT2D eigenvalue weighted by Gasteiger charge is 2.33. The van der Waals surface area contributed by atoms with E-state index in [9.17, 15) is 4.79 Å². The number of ether oxygens (including phenoxy) is 1. The summed E-state index contributed by atoms with van der Waals surface area (Å²) in [6.45, 7) is 11.8. The second-order valence-corrected chi connectivity index (χ2v) is 7.26. The van der Waals surface area contributed by atoms with Crippen LogP contribution >= 0.6 is 0 Å². The first-order chi connectivity index (χ1) is 9.99. The van der Waals surface area contributed by atoms with Gasteiger partial charge in [-0.05, 0) is 37.5 Å². The summed E-state index contributed by atoms with van der Waals surface area (Å²) in [5, 5.41) is 3.65. The van der Waals surface area contributed by atoms with E-state index in [1.165, 1.54) is 19.3 Å². The van der Waals surface area contributed by atoms with Crippen LogP contribution in [-0.2, 0) is 9.53 Å². The van der Waals surface area contributed by atoms with Crippen LogP contribution in [0.5, 0.6) is 0 Å². The molecule has 1 amide bonds. The van der Waals surface area contributed by atoms with Gasteiger partial charge in [0.25, 0.3) is 0 Å². The van der Waals surface area contributed by atoms with Gasteiger partial charge in [-0.15, -0.1) is 0 Å². The molecule has 1 aliphatic heterocycles. The Kier molecular flexibility index (Phi) is 6.06. The molecule has 21 heavy (non-hydrogen) atoms. The summed E-state index contributed by atoms with van der Waals surface area (Å²) in [7, 11) is 0. The Bertz CT molecular complexity index is 340. The van der Waals surface area contributed by atoms with E-state index in [4.69, 9.17) is 4.74 Å². The third kappa shape index (κ3) is 4.43. The maximum Gasteiger partial charge on any atom is 0.239 e. The quantitative estimate of drug-likeness (QED) is 0.865. The summed E-state index contributed by atoms with van der Waals surface area (Å²) in [5.41, 5.74) is 0. The molecule has 0 spiro atoms. The van der Waals surface area contributed by atoms with Gasteiger partial charge in [0.05, 0.1) is 19.3 Å². The van der Waals surface area contributed by atoms with E-state index < -0.39 is 0 Å². The minimum absolute atomic E-state index is 0.0837. The highest BCUT2D eigenvalue weighted by Crippen LogP contribution is 2.33. The van der Waals surface area contributed by atoms with E-state index in [2.05, 4.69) is 26.1 Å². The van der Waals surface area contributed by atoms with E-state index in [0.717, 1.165) is 19.0 Å². The lowest BCUT2D eigenvalue weighted by Gasteiger charge is -2.40. The lowest BCUT2D eigenvalue weighted by molar-refractivity contribution is -0.137. The lowest BCUT2D eigenvalue weighted by Crippen LogP contribution is -2.54. The van der Waals surface area contributed by atoms with Crippen LogP contribution < -0.4 is 5.32 Å². The summed E-state index contributed by atoms with van der Waals surface area (Å²) in [4.78, 5) is 14.5. The zero-order valence-electron chi connectivity index (χ0n) is 14.1. The van der Waals surface area contributed by atoms with Gasteiger partial charge in [-0.3, -0.25) is 4.79 Å². The van der Waals surface area contributed by atoms with Crippen LogP contribution in [0.3, 0.4) is 0 Å². The van der Waals surface area contributed by atoms with Gasteiger partial charge >= 0.3 is 0 Å². The molecule has 4 unspecified atom stereocenters. The van der Waals surface area contributed by atoms with Crippen molar-refractivity contribution in [2.75, 3.05) is 26.3 Å². The fraction of sp³-hybridized carbons (Fsp3) is 0.941. The van der Waals surface area contributed by atoms with Gasteiger partial charge < -0.3 is 15.0 Å². The number of morpholine rings is 1. The fourth-order valence-electron chi connectivity index (χ4n) is 3.84. The fourth-order valence-corrected chi connectivity index (χ4v) is 3.84. The van der Waals surface area contributed by atoms with Crippen LogP contribution in [-0.4, -0.2) is 49.2 Å². The van der Waals surface area contributed by atoms with Crippen LogP contribution in [0.2, 0.25) is 0 Å². The van der Waals surface area contributed by atoms with Crippen molar-refractivity contribution in [2.45, 2.75) is 59.0 Å². The van der Waals surface area contributed by atoms with Crippen molar-refractivity contribution in [2.24, 2.45) is 17.8 Å². The Morgan fingerprint density at radius 2 is 1.86 bits per heavy atom. The molecule has 2 aliphatic rings. The van der Waals surface area contributed by atoms with Crippen LogP contribution in [0, 0.1) is 17.8 Å². The highest BCUT2D eigenvalue weighted by atomic mass is 16.5. The van der Waals surface area contributed by atoms with E-state index in [0.29, 0.717) is 31.1 Å². The van der Waals surface area contributed by atoms with Crippen LogP contribution in [0.25, 0.3) is 0 Å². The number of nitrogens with one attached hydrogen (secondary N) is 1. The molecule has 0 radical (unpaired) electrons. The zero-order chi connectivity index (χ0) is 15.4. The van der Waals surface area contributed by atoms with Gasteiger partial charge in [-0.25, -0.2) is 0 Å². The van der Waals surface area contributed by atoms with Crippen LogP contribution in [0.1, 0.15) is 47.0 Å². The molecule has 4 nitrogen and oxygen atoms in total. The van der Waals surface area contributed by atoms with Crippen molar-refractivity contribution in [3.63, 3.8) is 0 Å². The average Bonchev–Trinajstić information content (AvgIpc) is 2.47. The molecular weight excluding hydrogens is 264 g/mol. The SMILES string of the molecule is CC1CCC(C(C)C)C(NC(C)C(=O)N2CCOCC2)C1. The molecule has 2 fully saturated rings. The zero-order valence-corrected chi connectivity index (χ0v) is 14.1. The van der Waals surface area contributed by atoms with Gasteiger partial charge in [-0.2, -0.15) is 0 Å². The lowest BCUT2D eigenvalue weighted by atomic mass is 9.74. The molecule has 1 aliphatic carbocycles. The maximum atomic E-state index is 12.5. The van der Waals surface area contributed by atoms with Crippen LogP contribution in [0.4, 0.5) is 0 Å². The molecule has 4 heteroatoms. The molecule has 0 aromatic heterocycles. The topological polar surface area (TPSA) is 41.6 Å². The second kappa shape index (κ2) is 7.59. The summed E-state index contributed by atoms with van der Waals surface area (Å²) in [5.74, 6) is 2.38. The number of nitrogens with zero attached hydrogens (tertiary/aromatic N) is 1. The summed E-state index contributed by atoms with van der Waals surface area (Å²) < 4.78 is 5.33. The van der Waals surface area contributed by atoms with Gasteiger partial charge in [0.1, 0.15) is 0 Å². The van der Waals surface area contributed by atoms with Gasteiger partial charge in [0, 0.05) is 19.1 Å². The Balaban J connectivity index is 1.92. The van der Waals surface area contributed by atoms with Crippen molar-refractivity contribution in [3.05, 3.63) is 0 Å². The first-order valence-corrected chi connectivity index (χ1v) is 8.61. The third-order valence-electron chi connectivity index (χ3n) is 5.18. The molecular formula is C17H32N2O2. The number of rotatable bonds is 4. The van der Waals surface area contributed by atoms with E-state index >= 15 is 0 Å². The average molecular weight is 296 g/mol. The second-order valence-electron chi connectivity index (χ2n) is 7.26. The Labute approximate surface area is 129 Å². The molecule has 1 saturated heterocycles. The van der Waals surface area contributed by atoms with E-state index in [1.54, 1.807) is 0 Å². The summed E-state index contributed by atoms with van der Waals surface area (Å²) in [6, 6.07) is 0.397. The normalized spacial score (nSPS) is 32.2. The van der Waals surface area contributed by atoms with Crippen molar-refractivity contribution >= 4 is 5.91 Å². The Hall–Kier alpha value is -0.610. The molecule has 1 N–H and O–H groups in total. The van der Waals surface area contributed by atoms with Crippen molar-refractivity contribution in [1.82, 2.24) is 10.2 Å². The Morgan fingerprint density at radius 3 is 2.48 bits per heavy atom. The Morgan fingerprint density at radius 1 is 1.19 bits per heavy atom. The molecule has 4 atom stereocenters. The smallest absolute Gasteiger partial charge is 0.239 e. The highest BCUT2D eigenvalue weighted by molar-refractivity contribution is 5.81. The number of hydrogen-bond donors (Lipinski definition) is 1. The molecule has 122 valence electrons. The van der Waals surface area contributed by atoms with Gasteiger partial charge in [-0.1, -0.05) is 27.2 Å². The van der Waals surface area contributed by atoms with E-state index in [-0.39, 0.29) is 11.9 Å². The van der Waals surface area contributed by atoms with Gasteiger partial charge in [0.2, 0.25) is 5.91 Å². The van der Waals surface area contributed by atoms with Crippen molar-refractivity contribution < 1.29 is 9.53 Å². The number of carbonyl (C=O) groups is 1. The number of hydrogen-bond acceptors (Lipinski definition) is 3. The summed E-state index contributed by atoms with van der Waals surface area (Å²) in [6.07, 6.45) is 3.81. The molecule has 0 bridgehead atoms. The third-order valence-corrected chi connectivity index (χ3v) is 5.18. The number of amides is 1. The standard InChI is InChI=1S/C17H32N2O2/c1-12(2)15-6-5-13(3)11-16(15)18-14(4)17(20)19-7-9-21-10-8-19/h12-16,18H,5-11H2,1-4H3.